The quantitative estimate of drug-likeness (QED) is 0.686. The van der Waals surface area contributed by atoms with E-state index >= 15 is 0 Å². The van der Waals surface area contributed by atoms with Crippen LogP contribution in [0.5, 0.6) is 0 Å². The maximum atomic E-state index is 5.33. The summed E-state index contributed by atoms with van der Waals surface area (Å²) < 4.78 is 7.60. The van der Waals surface area contributed by atoms with Gasteiger partial charge in [-0.1, -0.05) is 13.8 Å². The highest BCUT2D eigenvalue weighted by molar-refractivity contribution is 5.29. The third kappa shape index (κ3) is 4.33. The van der Waals surface area contributed by atoms with E-state index in [1.165, 1.54) is 0 Å². The Labute approximate surface area is 111 Å². The van der Waals surface area contributed by atoms with Crippen molar-refractivity contribution >= 4 is 5.95 Å². The van der Waals surface area contributed by atoms with Crippen molar-refractivity contribution in [3.05, 3.63) is 11.9 Å². The highest BCUT2D eigenvalue weighted by Gasteiger charge is 2.12. The molecular weight excluding hydrogens is 226 g/mol. The van der Waals surface area contributed by atoms with Crippen molar-refractivity contribution in [3.63, 3.8) is 0 Å². The van der Waals surface area contributed by atoms with Crippen molar-refractivity contribution in [2.45, 2.75) is 53.0 Å². The van der Waals surface area contributed by atoms with Crippen LogP contribution in [0.15, 0.2) is 6.20 Å². The minimum absolute atomic E-state index is 0.542. The number of aryl methyl sites for hydroxylation is 1. The summed E-state index contributed by atoms with van der Waals surface area (Å²) in [5.41, 5.74) is 1.08. The Morgan fingerprint density at radius 2 is 2.06 bits per heavy atom. The van der Waals surface area contributed by atoms with Crippen LogP contribution in [0.2, 0.25) is 0 Å². The second-order valence-corrected chi connectivity index (χ2v) is 4.56. The van der Waals surface area contributed by atoms with E-state index in [1.807, 2.05) is 13.8 Å². The van der Waals surface area contributed by atoms with Gasteiger partial charge in [0.15, 0.2) is 0 Å². The average molecular weight is 253 g/mol. The van der Waals surface area contributed by atoms with Gasteiger partial charge in [0, 0.05) is 32.0 Å². The summed E-state index contributed by atoms with van der Waals surface area (Å²) in [6, 6.07) is 0.542. The summed E-state index contributed by atoms with van der Waals surface area (Å²) in [4.78, 5) is 4.56. The topological polar surface area (TPSA) is 39.1 Å². The van der Waals surface area contributed by atoms with E-state index in [0.717, 1.165) is 50.7 Å². The number of aromatic nitrogens is 2. The van der Waals surface area contributed by atoms with Crippen molar-refractivity contribution in [1.82, 2.24) is 9.55 Å². The first-order chi connectivity index (χ1) is 8.72. The Morgan fingerprint density at radius 3 is 2.67 bits per heavy atom. The molecule has 0 atom stereocenters. The Morgan fingerprint density at radius 1 is 1.33 bits per heavy atom. The fraction of sp³-hybridized carbons (Fsp3) is 0.786. The first-order valence-electron chi connectivity index (χ1n) is 7.09. The molecule has 0 fully saturated rings. The first kappa shape index (κ1) is 15.0. The number of nitrogens with one attached hydrogen (secondary N) is 1. The van der Waals surface area contributed by atoms with E-state index in [0.29, 0.717) is 6.04 Å². The molecule has 0 aliphatic heterocycles. The van der Waals surface area contributed by atoms with Gasteiger partial charge in [-0.3, -0.25) is 0 Å². The maximum absolute atomic E-state index is 5.33. The number of nitrogens with zero attached hydrogens (tertiary/aromatic N) is 2. The van der Waals surface area contributed by atoms with Crippen LogP contribution in [0.25, 0.3) is 0 Å². The molecule has 0 spiro atoms. The number of imidazole rings is 1. The van der Waals surface area contributed by atoms with Crippen LogP contribution in [-0.2, 0) is 4.74 Å². The first-order valence-corrected chi connectivity index (χ1v) is 7.09. The molecule has 1 rings (SSSR count). The number of rotatable bonds is 9. The molecule has 1 heterocycles. The fourth-order valence-corrected chi connectivity index (χ4v) is 2.13. The van der Waals surface area contributed by atoms with E-state index in [9.17, 15) is 0 Å². The molecule has 18 heavy (non-hydrogen) atoms. The third-order valence-corrected chi connectivity index (χ3v) is 3.14. The largest absolute Gasteiger partial charge is 0.382 e. The summed E-state index contributed by atoms with van der Waals surface area (Å²) >= 11 is 0. The molecule has 0 bridgehead atoms. The monoisotopic (exact) mass is 253 g/mol. The van der Waals surface area contributed by atoms with Crippen LogP contribution in [0.1, 0.15) is 51.8 Å². The van der Waals surface area contributed by atoms with Crippen LogP contribution >= 0.6 is 0 Å². The summed E-state index contributed by atoms with van der Waals surface area (Å²) in [5, 5.41) is 3.41. The van der Waals surface area contributed by atoms with Crippen LogP contribution in [-0.4, -0.2) is 29.3 Å². The smallest absolute Gasteiger partial charge is 0.203 e. The molecule has 0 amide bonds. The molecule has 4 nitrogen and oxygen atoms in total. The molecule has 1 aromatic rings. The van der Waals surface area contributed by atoms with Gasteiger partial charge in [0.05, 0.1) is 5.69 Å². The van der Waals surface area contributed by atoms with Crippen molar-refractivity contribution in [2.24, 2.45) is 0 Å². The molecule has 0 radical (unpaired) electrons. The Balaban J connectivity index is 2.53. The van der Waals surface area contributed by atoms with Crippen LogP contribution in [0.4, 0.5) is 5.95 Å². The molecule has 0 aliphatic rings. The van der Waals surface area contributed by atoms with Crippen LogP contribution < -0.4 is 5.32 Å². The van der Waals surface area contributed by atoms with Gasteiger partial charge in [-0.15, -0.1) is 0 Å². The highest BCUT2D eigenvalue weighted by atomic mass is 16.5. The van der Waals surface area contributed by atoms with E-state index in [2.05, 4.69) is 34.9 Å². The number of hydrogen-bond acceptors (Lipinski definition) is 3. The zero-order valence-electron chi connectivity index (χ0n) is 12.2. The molecule has 0 saturated heterocycles. The minimum Gasteiger partial charge on any atom is -0.382 e. The zero-order chi connectivity index (χ0) is 13.4. The maximum Gasteiger partial charge on any atom is 0.203 e. The van der Waals surface area contributed by atoms with Crippen molar-refractivity contribution in [2.75, 3.05) is 25.1 Å². The molecule has 4 heteroatoms. The summed E-state index contributed by atoms with van der Waals surface area (Å²) in [7, 11) is 0. The van der Waals surface area contributed by atoms with E-state index in [-0.39, 0.29) is 0 Å². The van der Waals surface area contributed by atoms with E-state index in [1.54, 1.807) is 0 Å². The lowest BCUT2D eigenvalue weighted by atomic mass is 10.2. The lowest BCUT2D eigenvalue weighted by molar-refractivity contribution is 0.147. The molecule has 0 aromatic carbocycles. The standard InChI is InChI=1S/C14H27N3O/c1-5-13(6-2)17-11-12(4)16-14(17)15-9-8-10-18-7-3/h11,13H,5-10H2,1-4H3,(H,15,16). The third-order valence-electron chi connectivity index (χ3n) is 3.14. The Kier molecular flexibility index (Phi) is 6.80. The van der Waals surface area contributed by atoms with Gasteiger partial charge in [0.25, 0.3) is 0 Å². The number of ether oxygens (including phenoxy) is 1. The number of hydrogen-bond donors (Lipinski definition) is 1. The van der Waals surface area contributed by atoms with Crippen LogP contribution in [0.3, 0.4) is 0 Å². The Bertz CT molecular complexity index is 332. The summed E-state index contributed by atoms with van der Waals surface area (Å²) in [6.07, 6.45) is 5.44. The molecule has 0 saturated carbocycles. The van der Waals surface area contributed by atoms with Crippen molar-refractivity contribution in [1.29, 1.82) is 0 Å². The van der Waals surface area contributed by atoms with Crippen LogP contribution in [0, 0.1) is 6.92 Å². The van der Waals surface area contributed by atoms with Gasteiger partial charge in [0.1, 0.15) is 0 Å². The fourth-order valence-electron chi connectivity index (χ4n) is 2.13. The summed E-state index contributed by atoms with van der Waals surface area (Å²) in [5.74, 6) is 0.998. The normalized spacial score (nSPS) is 11.2. The second kappa shape index (κ2) is 8.14. The lowest BCUT2D eigenvalue weighted by Gasteiger charge is -2.17. The van der Waals surface area contributed by atoms with Crippen molar-refractivity contribution < 1.29 is 4.74 Å². The minimum atomic E-state index is 0.542. The molecule has 0 aliphatic carbocycles. The molecule has 1 N–H and O–H groups in total. The zero-order valence-corrected chi connectivity index (χ0v) is 12.2. The van der Waals surface area contributed by atoms with E-state index in [4.69, 9.17) is 4.74 Å². The van der Waals surface area contributed by atoms with Gasteiger partial charge in [-0.05, 0) is 33.1 Å². The predicted octanol–water partition coefficient (Wildman–Crippen LogP) is 3.39. The van der Waals surface area contributed by atoms with E-state index < -0.39 is 0 Å². The predicted molar refractivity (Wildman–Crippen MR) is 76.2 cm³/mol. The molecule has 0 unspecified atom stereocenters. The van der Waals surface area contributed by atoms with Gasteiger partial charge in [-0.25, -0.2) is 4.98 Å². The van der Waals surface area contributed by atoms with Gasteiger partial charge in [0.2, 0.25) is 5.95 Å². The second-order valence-electron chi connectivity index (χ2n) is 4.56. The molecule has 1 aromatic heterocycles. The Hall–Kier alpha value is -1.03. The highest BCUT2D eigenvalue weighted by Crippen LogP contribution is 2.21. The van der Waals surface area contributed by atoms with Gasteiger partial charge in [-0.2, -0.15) is 0 Å². The average Bonchev–Trinajstić information content (AvgIpc) is 2.72. The molecule has 104 valence electrons. The SMILES string of the molecule is CCOCCCNc1nc(C)cn1C(CC)CC. The van der Waals surface area contributed by atoms with Gasteiger partial charge < -0.3 is 14.6 Å². The summed E-state index contributed by atoms with van der Waals surface area (Å²) in [6.45, 7) is 11.0. The van der Waals surface area contributed by atoms with Gasteiger partial charge >= 0.3 is 0 Å². The molecular formula is C14H27N3O. The van der Waals surface area contributed by atoms with Crippen molar-refractivity contribution in [3.8, 4) is 0 Å². The lowest BCUT2D eigenvalue weighted by Crippen LogP contribution is -2.13. The number of anilines is 1.